The van der Waals surface area contributed by atoms with Gasteiger partial charge < -0.3 is 4.90 Å². The Hall–Kier alpha value is -1.45. The van der Waals surface area contributed by atoms with Gasteiger partial charge >= 0.3 is 0 Å². The molecule has 0 aromatic carbocycles. The number of amides is 1. The van der Waals surface area contributed by atoms with E-state index in [1.165, 1.54) is 31.5 Å². The van der Waals surface area contributed by atoms with Gasteiger partial charge in [-0.15, -0.1) is 0 Å². The predicted octanol–water partition coefficient (Wildman–Crippen LogP) is 3.26. The molecule has 1 aromatic rings. The summed E-state index contributed by atoms with van der Waals surface area (Å²) >= 11 is 0. The van der Waals surface area contributed by atoms with E-state index in [1.807, 2.05) is 4.90 Å². The molecule has 2 fully saturated rings. The molecule has 20 heavy (non-hydrogen) atoms. The number of hydrogen-bond donors (Lipinski definition) is 0. The molecule has 1 aliphatic carbocycles. The summed E-state index contributed by atoms with van der Waals surface area (Å²) in [5, 5.41) is 0. The fourth-order valence-corrected chi connectivity index (χ4v) is 3.87. The summed E-state index contributed by atoms with van der Waals surface area (Å²) in [5.41, 5.74) is 0.166. The third kappa shape index (κ3) is 2.32. The molecule has 2 aliphatic rings. The number of hydrogen-bond acceptors (Lipinski definition) is 2. The molecule has 0 N–H and O–H groups in total. The molecule has 108 valence electrons. The van der Waals surface area contributed by atoms with Gasteiger partial charge in [-0.1, -0.05) is 19.8 Å². The van der Waals surface area contributed by atoms with Crippen LogP contribution in [0.1, 0.15) is 49.4 Å². The van der Waals surface area contributed by atoms with Gasteiger partial charge in [-0.05, 0) is 37.2 Å². The standard InChI is InChI=1S/C16H21FN2O/c1-11-7-9-19(15-5-3-2-4-12(11)15)16(20)13-6-8-18-10-14(13)17/h6,8,10-12,15H,2-5,7,9H2,1H3. The third-order valence-corrected chi connectivity index (χ3v) is 5.00. The summed E-state index contributed by atoms with van der Waals surface area (Å²) in [4.78, 5) is 18.3. The molecule has 0 bridgehead atoms. The Kier molecular flexibility index (Phi) is 3.72. The average molecular weight is 276 g/mol. The summed E-state index contributed by atoms with van der Waals surface area (Å²) in [6, 6.07) is 1.79. The summed E-state index contributed by atoms with van der Waals surface area (Å²) in [7, 11) is 0. The minimum absolute atomic E-state index is 0.159. The maximum Gasteiger partial charge on any atom is 0.257 e. The molecule has 0 radical (unpaired) electrons. The number of carbonyl (C=O) groups is 1. The zero-order valence-electron chi connectivity index (χ0n) is 11.9. The van der Waals surface area contributed by atoms with Gasteiger partial charge in [0.05, 0.1) is 11.8 Å². The Bertz CT molecular complexity index is 505. The maximum absolute atomic E-state index is 13.8. The van der Waals surface area contributed by atoms with E-state index in [0.717, 1.165) is 25.6 Å². The highest BCUT2D eigenvalue weighted by Gasteiger charge is 2.39. The van der Waals surface area contributed by atoms with Gasteiger partial charge in [0.2, 0.25) is 0 Å². The second-order valence-corrected chi connectivity index (χ2v) is 6.14. The van der Waals surface area contributed by atoms with Crippen molar-refractivity contribution in [1.29, 1.82) is 0 Å². The number of rotatable bonds is 1. The summed E-state index contributed by atoms with van der Waals surface area (Å²) < 4.78 is 13.8. The minimum atomic E-state index is -0.511. The number of fused-ring (bicyclic) bond motifs is 1. The highest BCUT2D eigenvalue weighted by Crippen LogP contribution is 2.39. The quantitative estimate of drug-likeness (QED) is 0.788. The van der Waals surface area contributed by atoms with E-state index in [2.05, 4.69) is 11.9 Å². The van der Waals surface area contributed by atoms with E-state index in [4.69, 9.17) is 0 Å². The highest BCUT2D eigenvalue weighted by molar-refractivity contribution is 5.94. The van der Waals surface area contributed by atoms with Crippen LogP contribution in [0.15, 0.2) is 18.5 Å². The van der Waals surface area contributed by atoms with Crippen LogP contribution in [0.3, 0.4) is 0 Å². The second kappa shape index (κ2) is 5.51. The van der Waals surface area contributed by atoms with Gasteiger partial charge in [-0.25, -0.2) is 4.39 Å². The van der Waals surface area contributed by atoms with Crippen molar-refractivity contribution in [2.45, 2.75) is 45.1 Å². The van der Waals surface area contributed by atoms with Crippen molar-refractivity contribution in [2.75, 3.05) is 6.54 Å². The monoisotopic (exact) mass is 276 g/mol. The van der Waals surface area contributed by atoms with Crippen molar-refractivity contribution in [3.63, 3.8) is 0 Å². The maximum atomic E-state index is 13.8. The van der Waals surface area contributed by atoms with Crippen molar-refractivity contribution >= 4 is 5.91 Å². The lowest BCUT2D eigenvalue weighted by molar-refractivity contribution is 0.0214. The number of piperidine rings is 1. The topological polar surface area (TPSA) is 33.2 Å². The molecule has 0 spiro atoms. The zero-order chi connectivity index (χ0) is 14.1. The largest absolute Gasteiger partial charge is 0.335 e. The average Bonchev–Trinajstić information content (AvgIpc) is 2.48. The first-order chi connectivity index (χ1) is 9.68. The number of halogens is 1. The SMILES string of the molecule is CC1CCN(C(=O)c2ccncc2F)C2CCCCC12. The minimum Gasteiger partial charge on any atom is -0.335 e. The van der Waals surface area contributed by atoms with Crippen LogP contribution in [0, 0.1) is 17.7 Å². The lowest BCUT2D eigenvalue weighted by atomic mass is 9.72. The van der Waals surface area contributed by atoms with Gasteiger partial charge in [-0.3, -0.25) is 9.78 Å². The van der Waals surface area contributed by atoms with Gasteiger partial charge in [0.25, 0.3) is 5.91 Å². The molecular weight excluding hydrogens is 255 g/mol. The van der Waals surface area contributed by atoms with Crippen LogP contribution in [0.5, 0.6) is 0 Å². The normalized spacial score (nSPS) is 29.9. The second-order valence-electron chi connectivity index (χ2n) is 6.14. The Morgan fingerprint density at radius 3 is 2.95 bits per heavy atom. The predicted molar refractivity (Wildman–Crippen MR) is 74.8 cm³/mol. The molecular formula is C16H21FN2O. The molecule has 4 heteroatoms. The molecule has 3 rings (SSSR count). The Morgan fingerprint density at radius 2 is 2.15 bits per heavy atom. The summed E-state index contributed by atoms with van der Waals surface area (Å²) in [5.74, 6) is 0.593. The van der Waals surface area contributed by atoms with Crippen molar-refractivity contribution in [3.8, 4) is 0 Å². The van der Waals surface area contributed by atoms with Crippen LogP contribution >= 0.6 is 0 Å². The first kappa shape index (κ1) is 13.5. The zero-order valence-corrected chi connectivity index (χ0v) is 11.9. The van der Waals surface area contributed by atoms with Crippen LogP contribution in [-0.2, 0) is 0 Å². The van der Waals surface area contributed by atoms with E-state index < -0.39 is 5.82 Å². The van der Waals surface area contributed by atoms with Crippen molar-refractivity contribution in [2.24, 2.45) is 11.8 Å². The highest BCUT2D eigenvalue weighted by atomic mass is 19.1. The van der Waals surface area contributed by atoms with Crippen LogP contribution < -0.4 is 0 Å². The molecule has 1 saturated heterocycles. The van der Waals surface area contributed by atoms with E-state index in [1.54, 1.807) is 0 Å². The van der Waals surface area contributed by atoms with E-state index >= 15 is 0 Å². The van der Waals surface area contributed by atoms with Crippen LogP contribution in [0.25, 0.3) is 0 Å². The molecule has 1 saturated carbocycles. The van der Waals surface area contributed by atoms with Crippen molar-refractivity contribution in [3.05, 3.63) is 29.8 Å². The fourth-order valence-electron chi connectivity index (χ4n) is 3.87. The lowest BCUT2D eigenvalue weighted by Crippen LogP contribution is -2.52. The van der Waals surface area contributed by atoms with Crippen LogP contribution in [-0.4, -0.2) is 28.4 Å². The lowest BCUT2D eigenvalue weighted by Gasteiger charge is -2.47. The van der Waals surface area contributed by atoms with Crippen LogP contribution in [0.2, 0.25) is 0 Å². The molecule has 3 atom stereocenters. The Morgan fingerprint density at radius 1 is 1.35 bits per heavy atom. The van der Waals surface area contributed by atoms with Gasteiger partial charge in [0.15, 0.2) is 5.82 Å². The first-order valence-electron chi connectivity index (χ1n) is 7.59. The first-order valence-corrected chi connectivity index (χ1v) is 7.59. The Labute approximate surface area is 119 Å². The van der Waals surface area contributed by atoms with Gasteiger partial charge in [0.1, 0.15) is 0 Å². The van der Waals surface area contributed by atoms with E-state index in [9.17, 15) is 9.18 Å². The molecule has 2 heterocycles. The molecule has 3 unspecified atom stereocenters. The smallest absolute Gasteiger partial charge is 0.257 e. The van der Waals surface area contributed by atoms with E-state index in [-0.39, 0.29) is 11.5 Å². The molecule has 3 nitrogen and oxygen atoms in total. The fraction of sp³-hybridized carbons (Fsp3) is 0.625. The number of aromatic nitrogens is 1. The number of nitrogens with zero attached hydrogens (tertiary/aromatic N) is 2. The number of carbonyl (C=O) groups excluding carboxylic acids is 1. The molecule has 1 aromatic heterocycles. The number of likely N-dealkylation sites (tertiary alicyclic amines) is 1. The van der Waals surface area contributed by atoms with Crippen molar-refractivity contribution < 1.29 is 9.18 Å². The Balaban J connectivity index is 1.85. The van der Waals surface area contributed by atoms with E-state index in [0.29, 0.717) is 17.9 Å². The number of pyridine rings is 1. The van der Waals surface area contributed by atoms with Gasteiger partial charge in [0, 0.05) is 18.8 Å². The van der Waals surface area contributed by atoms with Gasteiger partial charge in [-0.2, -0.15) is 0 Å². The third-order valence-electron chi connectivity index (χ3n) is 5.00. The summed E-state index contributed by atoms with van der Waals surface area (Å²) in [6.07, 6.45) is 8.34. The summed E-state index contributed by atoms with van der Waals surface area (Å²) in [6.45, 7) is 3.04. The molecule has 1 aliphatic heterocycles. The van der Waals surface area contributed by atoms with Crippen molar-refractivity contribution in [1.82, 2.24) is 9.88 Å². The van der Waals surface area contributed by atoms with Crippen LogP contribution in [0.4, 0.5) is 4.39 Å². The molecule has 1 amide bonds.